The van der Waals surface area contributed by atoms with Gasteiger partial charge in [0, 0.05) is 26.1 Å². The second-order valence-corrected chi connectivity index (χ2v) is 7.66. The fourth-order valence-corrected chi connectivity index (χ4v) is 3.53. The van der Waals surface area contributed by atoms with E-state index < -0.39 is 18.0 Å². The van der Waals surface area contributed by atoms with Gasteiger partial charge in [-0.3, -0.25) is 24.4 Å². The minimum absolute atomic E-state index is 0.0904. The van der Waals surface area contributed by atoms with Gasteiger partial charge in [0.05, 0.1) is 6.54 Å². The Hall–Kier alpha value is -3.83. The van der Waals surface area contributed by atoms with Gasteiger partial charge in [0.1, 0.15) is 12.1 Å². The third-order valence-electron chi connectivity index (χ3n) is 5.15. The van der Waals surface area contributed by atoms with E-state index in [1.807, 2.05) is 30.3 Å². The highest BCUT2D eigenvalue weighted by Gasteiger charge is 2.35. The zero-order valence-corrected chi connectivity index (χ0v) is 18.6. The van der Waals surface area contributed by atoms with Crippen LogP contribution >= 0.6 is 0 Å². The van der Waals surface area contributed by atoms with Crippen molar-refractivity contribution in [3.8, 4) is 0 Å². The third-order valence-corrected chi connectivity index (χ3v) is 5.15. The first-order chi connectivity index (χ1) is 15.8. The van der Waals surface area contributed by atoms with Gasteiger partial charge >= 0.3 is 0 Å². The summed E-state index contributed by atoms with van der Waals surface area (Å²) in [6.07, 6.45) is 1.49. The Bertz CT molecular complexity index is 865. The Kier molecular flexibility index (Phi) is 9.93. The van der Waals surface area contributed by atoms with Crippen molar-refractivity contribution in [1.29, 1.82) is 0 Å². The fourth-order valence-electron chi connectivity index (χ4n) is 3.53. The number of carbonyl (C=O) groups is 3. The first-order valence-corrected chi connectivity index (χ1v) is 10.8. The van der Waals surface area contributed by atoms with E-state index in [-0.39, 0.29) is 49.7 Å². The van der Waals surface area contributed by atoms with Gasteiger partial charge in [-0.2, -0.15) is 0 Å². The van der Waals surface area contributed by atoms with E-state index >= 15 is 0 Å². The highest BCUT2D eigenvalue weighted by atomic mass is 16.2. The number of rotatable bonds is 11. The Morgan fingerprint density at radius 1 is 1.03 bits per heavy atom. The lowest BCUT2D eigenvalue weighted by molar-refractivity contribution is -0.139. The molecule has 1 fully saturated rings. The number of carbonyl (C=O) groups excluding carboxylic acids is 3. The molecule has 0 radical (unpaired) electrons. The minimum Gasteiger partial charge on any atom is -0.370 e. The number of amides is 3. The molecule has 12 heteroatoms. The van der Waals surface area contributed by atoms with E-state index in [1.54, 1.807) is 0 Å². The van der Waals surface area contributed by atoms with Crippen LogP contribution in [0.4, 0.5) is 0 Å². The molecule has 3 amide bonds. The molecule has 180 valence electrons. The number of hydrogen-bond acceptors (Lipinski definition) is 5. The molecule has 2 atom stereocenters. The molecule has 0 bridgehead atoms. The van der Waals surface area contributed by atoms with Gasteiger partial charge in [0.25, 0.3) is 0 Å². The quantitative estimate of drug-likeness (QED) is 0.163. The lowest BCUT2D eigenvalue weighted by Gasteiger charge is -2.26. The molecule has 0 aromatic heterocycles. The summed E-state index contributed by atoms with van der Waals surface area (Å²) in [7, 11) is 0. The summed E-state index contributed by atoms with van der Waals surface area (Å²) in [5.41, 5.74) is 22.2. The Balaban J connectivity index is 2.01. The molecule has 1 aliphatic heterocycles. The third kappa shape index (κ3) is 8.67. The molecule has 0 saturated carbocycles. The van der Waals surface area contributed by atoms with Gasteiger partial charge in [-0.15, -0.1) is 0 Å². The predicted octanol–water partition coefficient (Wildman–Crippen LogP) is -1.89. The van der Waals surface area contributed by atoms with E-state index in [4.69, 9.17) is 22.9 Å². The molecule has 12 nitrogen and oxygen atoms in total. The molecular formula is C21H33N9O3. The number of aliphatic imine (C=N–C) groups is 2. The summed E-state index contributed by atoms with van der Waals surface area (Å²) < 4.78 is 0. The summed E-state index contributed by atoms with van der Waals surface area (Å²) >= 11 is 0. The molecule has 1 aromatic rings. The number of guanidine groups is 2. The van der Waals surface area contributed by atoms with Gasteiger partial charge in [0.15, 0.2) is 11.9 Å². The van der Waals surface area contributed by atoms with Gasteiger partial charge < -0.3 is 38.5 Å². The molecule has 2 rings (SSSR count). The van der Waals surface area contributed by atoms with Crippen molar-refractivity contribution >= 4 is 29.6 Å². The van der Waals surface area contributed by atoms with E-state index in [0.717, 1.165) is 5.56 Å². The van der Waals surface area contributed by atoms with E-state index in [2.05, 4.69) is 20.6 Å². The Morgan fingerprint density at radius 2 is 1.70 bits per heavy atom. The van der Waals surface area contributed by atoms with Crippen LogP contribution in [0.1, 0.15) is 31.2 Å². The standard InChI is InChI=1S/C21H33N9O3/c22-20(23)26-10-8-15(18(32)28-13-14-5-2-1-3-6-14)29-19(33)16-7-4-12-30(16)17(31)9-11-27-21(24)25/h1-3,5-6,15-16H,4,7-13H2,(H,28,32)(H,29,33)(H4,22,23,26)(H4,24,25,27)/t15-,16+/m0/s1. The predicted molar refractivity (Wildman–Crippen MR) is 126 cm³/mol. The topological polar surface area (TPSA) is 207 Å². The Morgan fingerprint density at radius 3 is 2.36 bits per heavy atom. The highest BCUT2D eigenvalue weighted by molar-refractivity contribution is 5.92. The van der Waals surface area contributed by atoms with Gasteiger partial charge in [-0.25, -0.2) is 0 Å². The molecule has 1 saturated heterocycles. The summed E-state index contributed by atoms with van der Waals surface area (Å²) in [6, 6.07) is 7.88. The number of benzene rings is 1. The van der Waals surface area contributed by atoms with Crippen LogP contribution < -0.4 is 33.6 Å². The van der Waals surface area contributed by atoms with Crippen molar-refractivity contribution in [1.82, 2.24) is 15.5 Å². The molecule has 0 spiro atoms. The number of nitrogens with one attached hydrogen (secondary N) is 2. The second kappa shape index (κ2) is 12.9. The summed E-state index contributed by atoms with van der Waals surface area (Å²) in [4.78, 5) is 47.6. The largest absolute Gasteiger partial charge is 0.370 e. The van der Waals surface area contributed by atoms with Crippen molar-refractivity contribution in [3.05, 3.63) is 35.9 Å². The van der Waals surface area contributed by atoms with Crippen molar-refractivity contribution < 1.29 is 14.4 Å². The lowest BCUT2D eigenvalue weighted by atomic mass is 10.1. The lowest BCUT2D eigenvalue weighted by Crippen LogP contribution is -2.53. The van der Waals surface area contributed by atoms with Crippen molar-refractivity contribution in [2.24, 2.45) is 32.9 Å². The molecule has 1 aromatic carbocycles. The summed E-state index contributed by atoms with van der Waals surface area (Å²) in [6.45, 7) is 1.08. The van der Waals surface area contributed by atoms with Crippen molar-refractivity contribution in [3.63, 3.8) is 0 Å². The molecule has 1 aliphatic rings. The maximum Gasteiger partial charge on any atom is 0.243 e. The molecule has 1 heterocycles. The summed E-state index contributed by atoms with van der Waals surface area (Å²) in [5, 5.41) is 5.59. The molecular weight excluding hydrogens is 426 g/mol. The fraction of sp³-hybridized carbons (Fsp3) is 0.476. The number of likely N-dealkylation sites (tertiary alicyclic amines) is 1. The highest BCUT2D eigenvalue weighted by Crippen LogP contribution is 2.19. The number of hydrogen-bond donors (Lipinski definition) is 6. The monoisotopic (exact) mass is 459 g/mol. The van der Waals surface area contributed by atoms with E-state index in [9.17, 15) is 14.4 Å². The van der Waals surface area contributed by atoms with Crippen LogP contribution in [0.3, 0.4) is 0 Å². The van der Waals surface area contributed by atoms with Gasteiger partial charge in [-0.05, 0) is 24.8 Å². The van der Waals surface area contributed by atoms with Crippen LogP contribution in [0.15, 0.2) is 40.3 Å². The Labute approximate surface area is 192 Å². The van der Waals surface area contributed by atoms with Crippen LogP contribution in [-0.4, -0.2) is 66.3 Å². The van der Waals surface area contributed by atoms with Crippen LogP contribution in [0, 0.1) is 0 Å². The molecule has 0 unspecified atom stereocenters. The summed E-state index contributed by atoms with van der Waals surface area (Å²) in [5.74, 6) is -1.17. The smallest absolute Gasteiger partial charge is 0.243 e. The molecule has 10 N–H and O–H groups in total. The average Bonchev–Trinajstić information content (AvgIpc) is 3.27. The van der Waals surface area contributed by atoms with Crippen molar-refractivity contribution in [2.45, 2.75) is 44.3 Å². The number of nitrogens with zero attached hydrogens (tertiary/aromatic N) is 3. The normalized spacial score (nSPS) is 15.9. The SMILES string of the molecule is NC(N)=NCCC(=O)N1CCC[C@@H]1C(=O)N[C@@H](CCN=C(N)N)C(=O)NCc1ccccc1. The number of nitrogens with two attached hydrogens (primary N) is 4. The van der Waals surface area contributed by atoms with Crippen LogP contribution in [0.2, 0.25) is 0 Å². The van der Waals surface area contributed by atoms with Crippen LogP contribution in [0.5, 0.6) is 0 Å². The first-order valence-electron chi connectivity index (χ1n) is 10.8. The zero-order chi connectivity index (χ0) is 24.2. The van der Waals surface area contributed by atoms with Gasteiger partial charge in [0.2, 0.25) is 17.7 Å². The molecule has 33 heavy (non-hydrogen) atoms. The van der Waals surface area contributed by atoms with Crippen LogP contribution in [-0.2, 0) is 20.9 Å². The zero-order valence-electron chi connectivity index (χ0n) is 18.6. The average molecular weight is 460 g/mol. The minimum atomic E-state index is -0.858. The van der Waals surface area contributed by atoms with Crippen LogP contribution in [0.25, 0.3) is 0 Å². The molecule has 0 aliphatic carbocycles. The van der Waals surface area contributed by atoms with E-state index in [0.29, 0.717) is 25.9 Å². The first kappa shape index (κ1) is 25.4. The van der Waals surface area contributed by atoms with Crippen molar-refractivity contribution in [2.75, 3.05) is 19.6 Å². The maximum absolute atomic E-state index is 13.0. The second-order valence-electron chi connectivity index (χ2n) is 7.66. The van der Waals surface area contributed by atoms with E-state index in [1.165, 1.54) is 4.90 Å². The maximum atomic E-state index is 13.0. The van der Waals surface area contributed by atoms with Gasteiger partial charge in [-0.1, -0.05) is 30.3 Å².